The van der Waals surface area contributed by atoms with Crippen molar-refractivity contribution in [2.24, 2.45) is 0 Å². The number of furan rings is 1. The van der Waals surface area contributed by atoms with Gasteiger partial charge in [-0.05, 0) is 133 Å². The van der Waals surface area contributed by atoms with Crippen molar-refractivity contribution >= 4 is 60.5 Å². The summed E-state index contributed by atoms with van der Waals surface area (Å²) in [5.74, 6) is 0. The first-order chi connectivity index (χ1) is 28.7. The molecule has 1 aromatic heterocycles. The van der Waals surface area contributed by atoms with Crippen molar-refractivity contribution < 1.29 is 4.42 Å². The first-order valence-corrected chi connectivity index (χ1v) is 19.8. The molecular weight excluding hydrogens is 703 g/mol. The highest BCUT2D eigenvalue weighted by molar-refractivity contribution is 6.13. The van der Waals surface area contributed by atoms with E-state index < -0.39 is 0 Å². The van der Waals surface area contributed by atoms with Crippen LogP contribution in [0.4, 0.5) is 17.1 Å². The topological polar surface area (TPSA) is 16.4 Å². The number of rotatable bonds is 7. The zero-order chi connectivity index (χ0) is 38.4. The first-order valence-electron chi connectivity index (χ1n) is 19.8. The number of hydrogen-bond donors (Lipinski definition) is 0. The quantitative estimate of drug-likeness (QED) is 0.162. The van der Waals surface area contributed by atoms with Gasteiger partial charge < -0.3 is 9.32 Å². The Morgan fingerprint density at radius 3 is 1.12 bits per heavy atom. The Hall–Kier alpha value is -7.68. The Morgan fingerprint density at radius 2 is 0.655 bits per heavy atom. The van der Waals surface area contributed by atoms with E-state index >= 15 is 0 Å². The summed E-state index contributed by atoms with van der Waals surface area (Å²) in [5.41, 5.74) is 14.6. The third-order valence-electron chi connectivity index (χ3n) is 11.4. The fourth-order valence-electron chi connectivity index (χ4n) is 8.45. The Labute approximate surface area is 337 Å². The molecule has 10 aromatic carbocycles. The van der Waals surface area contributed by atoms with Crippen LogP contribution in [0, 0.1) is 0 Å². The molecule has 11 rings (SSSR count). The molecule has 0 spiro atoms. The summed E-state index contributed by atoms with van der Waals surface area (Å²) in [4.78, 5) is 2.36. The van der Waals surface area contributed by atoms with Gasteiger partial charge in [-0.2, -0.15) is 0 Å². The van der Waals surface area contributed by atoms with E-state index in [1.807, 2.05) is 12.1 Å². The predicted molar refractivity (Wildman–Crippen MR) is 245 cm³/mol. The van der Waals surface area contributed by atoms with E-state index in [0.717, 1.165) is 39.0 Å². The van der Waals surface area contributed by atoms with Crippen molar-refractivity contribution in [3.05, 3.63) is 224 Å². The number of para-hydroxylation sites is 1. The van der Waals surface area contributed by atoms with Gasteiger partial charge in [-0.3, -0.25) is 0 Å². The Morgan fingerprint density at radius 1 is 0.276 bits per heavy atom. The van der Waals surface area contributed by atoms with Gasteiger partial charge >= 0.3 is 0 Å². The zero-order valence-electron chi connectivity index (χ0n) is 31.7. The van der Waals surface area contributed by atoms with Gasteiger partial charge in [0.25, 0.3) is 0 Å². The lowest BCUT2D eigenvalue weighted by Gasteiger charge is -2.26. The van der Waals surface area contributed by atoms with Crippen LogP contribution < -0.4 is 4.90 Å². The summed E-state index contributed by atoms with van der Waals surface area (Å²) in [6.45, 7) is 0. The minimum Gasteiger partial charge on any atom is -0.456 e. The molecule has 58 heavy (non-hydrogen) atoms. The third-order valence-corrected chi connectivity index (χ3v) is 11.4. The Kier molecular flexibility index (Phi) is 8.19. The van der Waals surface area contributed by atoms with Gasteiger partial charge in [-0.1, -0.05) is 158 Å². The summed E-state index contributed by atoms with van der Waals surface area (Å²) < 4.78 is 6.38. The maximum Gasteiger partial charge on any atom is 0.137 e. The average Bonchev–Trinajstić information content (AvgIpc) is 3.69. The van der Waals surface area contributed by atoms with E-state index in [9.17, 15) is 0 Å². The van der Waals surface area contributed by atoms with Gasteiger partial charge in [0.2, 0.25) is 0 Å². The SMILES string of the molecule is c1ccc(-c2ccc3cc(-c4ccc(N(c5ccc(-c6ccc7cc(-c8ccccc8)ccc7c6)cc5)c5cccc6oc7ccccc7c56)cc4)ccc3c2)cc1. The molecule has 2 nitrogen and oxygen atoms in total. The fourth-order valence-corrected chi connectivity index (χ4v) is 8.45. The first kappa shape index (κ1) is 33.6. The van der Waals surface area contributed by atoms with E-state index in [2.05, 4.69) is 217 Å². The summed E-state index contributed by atoms with van der Waals surface area (Å²) in [7, 11) is 0. The molecule has 0 atom stereocenters. The standard InChI is InChI=1S/C56H37NO/c1-3-10-38(11-4-1)42-18-22-48-36-44(20-24-46(48)34-42)40-26-30-50(31-27-40)57(53-15-9-17-55-56(53)52-14-7-8-16-54(52)58-55)51-32-28-41(29-33-51)45-21-25-47-35-43(19-23-49(47)37-45)39-12-5-2-6-13-39/h1-37H. The van der Waals surface area contributed by atoms with Crippen LogP contribution in [0.5, 0.6) is 0 Å². The number of nitrogens with zero attached hydrogens (tertiary/aromatic N) is 1. The molecule has 0 amide bonds. The second kappa shape index (κ2) is 14.1. The number of fused-ring (bicyclic) bond motifs is 5. The minimum absolute atomic E-state index is 0.870. The van der Waals surface area contributed by atoms with Crippen LogP contribution in [-0.2, 0) is 0 Å². The monoisotopic (exact) mass is 739 g/mol. The van der Waals surface area contributed by atoms with E-state index in [0.29, 0.717) is 0 Å². The van der Waals surface area contributed by atoms with Crippen LogP contribution in [-0.4, -0.2) is 0 Å². The molecule has 0 aliphatic carbocycles. The fraction of sp³-hybridized carbons (Fsp3) is 0. The van der Waals surface area contributed by atoms with E-state index in [1.54, 1.807) is 0 Å². The molecular formula is C56H37NO. The summed E-state index contributed by atoms with van der Waals surface area (Å²) >= 11 is 0. The third kappa shape index (κ3) is 6.09. The summed E-state index contributed by atoms with van der Waals surface area (Å²) in [6, 6.07) is 80.7. The number of anilines is 3. The number of hydrogen-bond acceptors (Lipinski definition) is 2. The van der Waals surface area contributed by atoms with E-state index in [4.69, 9.17) is 4.42 Å². The molecule has 1 heterocycles. The summed E-state index contributed by atoms with van der Waals surface area (Å²) in [5, 5.41) is 7.12. The van der Waals surface area contributed by atoms with Crippen molar-refractivity contribution in [2.75, 3.05) is 4.90 Å². The smallest absolute Gasteiger partial charge is 0.137 e. The van der Waals surface area contributed by atoms with E-state index in [1.165, 1.54) is 66.1 Å². The highest BCUT2D eigenvalue weighted by Crippen LogP contribution is 2.44. The van der Waals surface area contributed by atoms with Gasteiger partial charge in [0, 0.05) is 16.8 Å². The van der Waals surface area contributed by atoms with Crippen molar-refractivity contribution in [1.29, 1.82) is 0 Å². The molecule has 0 aliphatic heterocycles. The van der Waals surface area contributed by atoms with Crippen LogP contribution in [0.1, 0.15) is 0 Å². The van der Waals surface area contributed by atoms with Crippen LogP contribution in [0.3, 0.4) is 0 Å². The van der Waals surface area contributed by atoms with Crippen LogP contribution in [0.25, 0.3) is 88.0 Å². The highest BCUT2D eigenvalue weighted by atomic mass is 16.3. The normalized spacial score (nSPS) is 11.4. The Balaban J connectivity index is 0.961. The molecule has 2 heteroatoms. The van der Waals surface area contributed by atoms with Crippen LogP contribution in [0.2, 0.25) is 0 Å². The highest BCUT2D eigenvalue weighted by Gasteiger charge is 2.20. The van der Waals surface area contributed by atoms with Gasteiger partial charge in [0.05, 0.1) is 11.1 Å². The zero-order valence-corrected chi connectivity index (χ0v) is 31.7. The van der Waals surface area contributed by atoms with Crippen LogP contribution >= 0.6 is 0 Å². The largest absolute Gasteiger partial charge is 0.456 e. The Bertz CT molecular complexity index is 3090. The van der Waals surface area contributed by atoms with Gasteiger partial charge in [0.15, 0.2) is 0 Å². The van der Waals surface area contributed by atoms with Crippen LogP contribution in [0.15, 0.2) is 229 Å². The lowest BCUT2D eigenvalue weighted by atomic mass is 9.97. The van der Waals surface area contributed by atoms with Gasteiger partial charge in [-0.25, -0.2) is 0 Å². The van der Waals surface area contributed by atoms with Crippen molar-refractivity contribution in [3.63, 3.8) is 0 Å². The molecule has 272 valence electrons. The minimum atomic E-state index is 0.870. The molecule has 0 aliphatic rings. The molecule has 11 aromatic rings. The molecule has 0 bridgehead atoms. The van der Waals surface area contributed by atoms with Crippen molar-refractivity contribution in [2.45, 2.75) is 0 Å². The summed E-state index contributed by atoms with van der Waals surface area (Å²) in [6.07, 6.45) is 0. The van der Waals surface area contributed by atoms with Gasteiger partial charge in [0.1, 0.15) is 11.2 Å². The lowest BCUT2D eigenvalue weighted by molar-refractivity contribution is 0.669. The lowest BCUT2D eigenvalue weighted by Crippen LogP contribution is -2.10. The van der Waals surface area contributed by atoms with Crippen molar-refractivity contribution in [1.82, 2.24) is 0 Å². The second-order valence-corrected chi connectivity index (χ2v) is 15.0. The molecule has 0 saturated carbocycles. The average molecular weight is 740 g/mol. The molecule has 0 N–H and O–H groups in total. The van der Waals surface area contributed by atoms with E-state index in [-0.39, 0.29) is 0 Å². The molecule has 0 unspecified atom stereocenters. The maximum absolute atomic E-state index is 6.38. The number of benzene rings is 10. The molecule has 0 radical (unpaired) electrons. The maximum atomic E-state index is 6.38. The second-order valence-electron chi connectivity index (χ2n) is 15.0. The molecule has 0 saturated heterocycles. The molecule has 0 fully saturated rings. The predicted octanol–water partition coefficient (Wildman–Crippen LogP) is 16.0. The van der Waals surface area contributed by atoms with Crippen molar-refractivity contribution in [3.8, 4) is 44.5 Å². The van der Waals surface area contributed by atoms with Gasteiger partial charge in [-0.15, -0.1) is 0 Å².